The van der Waals surface area contributed by atoms with E-state index >= 15 is 0 Å². The van der Waals surface area contributed by atoms with Crippen LogP contribution in [0.1, 0.15) is 25.7 Å². The molecule has 1 aliphatic rings. The SMILES string of the molecule is COC1(CC(=O)Nc2ccc(OCC(N)=S)cc2)CCC1. The van der Waals surface area contributed by atoms with Crippen LogP contribution in [0.2, 0.25) is 0 Å². The lowest BCUT2D eigenvalue weighted by Gasteiger charge is -2.39. The molecule has 0 unspecified atom stereocenters. The van der Waals surface area contributed by atoms with Crippen molar-refractivity contribution >= 4 is 28.8 Å². The second-order valence-electron chi connectivity index (χ2n) is 5.25. The van der Waals surface area contributed by atoms with Crippen LogP contribution in [0.15, 0.2) is 24.3 Å². The lowest BCUT2D eigenvalue weighted by atomic mass is 9.77. The third kappa shape index (κ3) is 4.41. The summed E-state index contributed by atoms with van der Waals surface area (Å²) in [6.07, 6.45) is 3.41. The van der Waals surface area contributed by atoms with E-state index in [0.29, 0.717) is 17.2 Å². The molecule has 0 aromatic heterocycles. The molecule has 3 N–H and O–H groups in total. The maximum Gasteiger partial charge on any atom is 0.227 e. The van der Waals surface area contributed by atoms with Crippen molar-refractivity contribution in [1.82, 2.24) is 0 Å². The first-order valence-corrected chi connectivity index (χ1v) is 7.30. The van der Waals surface area contributed by atoms with E-state index in [-0.39, 0.29) is 18.1 Å². The van der Waals surface area contributed by atoms with Crippen molar-refractivity contribution in [2.45, 2.75) is 31.3 Å². The highest BCUT2D eigenvalue weighted by molar-refractivity contribution is 7.80. The fourth-order valence-corrected chi connectivity index (χ4v) is 2.37. The van der Waals surface area contributed by atoms with Crippen LogP contribution in [0.4, 0.5) is 5.69 Å². The van der Waals surface area contributed by atoms with E-state index < -0.39 is 0 Å². The van der Waals surface area contributed by atoms with Crippen molar-refractivity contribution in [2.75, 3.05) is 19.0 Å². The molecule has 1 aliphatic carbocycles. The van der Waals surface area contributed by atoms with Gasteiger partial charge in [0.1, 0.15) is 17.3 Å². The highest BCUT2D eigenvalue weighted by atomic mass is 32.1. The van der Waals surface area contributed by atoms with Gasteiger partial charge >= 0.3 is 0 Å². The van der Waals surface area contributed by atoms with Crippen LogP contribution < -0.4 is 15.8 Å². The van der Waals surface area contributed by atoms with Crippen LogP contribution in [0.25, 0.3) is 0 Å². The number of nitrogens with two attached hydrogens (primary N) is 1. The topological polar surface area (TPSA) is 73.6 Å². The summed E-state index contributed by atoms with van der Waals surface area (Å²) >= 11 is 4.74. The Labute approximate surface area is 129 Å². The van der Waals surface area contributed by atoms with Gasteiger partial charge in [-0.25, -0.2) is 0 Å². The van der Waals surface area contributed by atoms with E-state index in [2.05, 4.69) is 5.32 Å². The molecule has 0 radical (unpaired) electrons. The van der Waals surface area contributed by atoms with Gasteiger partial charge in [-0.3, -0.25) is 4.79 Å². The van der Waals surface area contributed by atoms with Crippen LogP contribution in [-0.4, -0.2) is 30.2 Å². The summed E-state index contributed by atoms with van der Waals surface area (Å²) in [5.74, 6) is 0.626. The minimum Gasteiger partial charge on any atom is -0.487 e. The van der Waals surface area contributed by atoms with Gasteiger partial charge in [-0.1, -0.05) is 12.2 Å². The van der Waals surface area contributed by atoms with Crippen molar-refractivity contribution in [1.29, 1.82) is 0 Å². The number of anilines is 1. The van der Waals surface area contributed by atoms with Gasteiger partial charge in [-0.15, -0.1) is 0 Å². The molecule has 1 aromatic carbocycles. The monoisotopic (exact) mass is 308 g/mol. The molecule has 1 amide bonds. The Bertz CT molecular complexity index is 507. The Morgan fingerprint density at radius 1 is 1.38 bits per heavy atom. The van der Waals surface area contributed by atoms with E-state index in [9.17, 15) is 4.79 Å². The van der Waals surface area contributed by atoms with Crippen LogP contribution in [-0.2, 0) is 9.53 Å². The first kappa shape index (κ1) is 15.7. The number of nitrogens with one attached hydrogen (secondary N) is 1. The van der Waals surface area contributed by atoms with Gasteiger partial charge in [0, 0.05) is 12.8 Å². The number of carbonyl (C=O) groups is 1. The average molecular weight is 308 g/mol. The fourth-order valence-electron chi connectivity index (χ4n) is 2.31. The number of carbonyl (C=O) groups excluding carboxylic acids is 1. The summed E-state index contributed by atoms with van der Waals surface area (Å²) in [7, 11) is 1.67. The summed E-state index contributed by atoms with van der Waals surface area (Å²) in [5, 5.41) is 2.87. The summed E-state index contributed by atoms with van der Waals surface area (Å²) in [6.45, 7) is 0.206. The summed E-state index contributed by atoms with van der Waals surface area (Å²) < 4.78 is 10.8. The highest BCUT2D eigenvalue weighted by Crippen LogP contribution is 2.38. The van der Waals surface area contributed by atoms with Crippen LogP contribution >= 0.6 is 12.2 Å². The molecule has 114 valence electrons. The third-order valence-corrected chi connectivity index (χ3v) is 3.82. The number of benzene rings is 1. The third-order valence-electron chi connectivity index (χ3n) is 3.70. The van der Waals surface area contributed by atoms with Gasteiger partial charge in [0.15, 0.2) is 0 Å². The van der Waals surface area contributed by atoms with Gasteiger partial charge in [0.05, 0.1) is 12.0 Å². The molecule has 21 heavy (non-hydrogen) atoms. The maximum atomic E-state index is 12.0. The Morgan fingerprint density at radius 2 is 2.05 bits per heavy atom. The zero-order valence-electron chi connectivity index (χ0n) is 12.1. The first-order chi connectivity index (χ1) is 10.0. The van der Waals surface area contributed by atoms with Crippen molar-refractivity contribution in [3.05, 3.63) is 24.3 Å². The number of methoxy groups -OCH3 is 1. The van der Waals surface area contributed by atoms with Gasteiger partial charge in [-0.05, 0) is 43.5 Å². The number of amides is 1. The van der Waals surface area contributed by atoms with Gasteiger partial charge < -0.3 is 20.5 Å². The number of hydrogen-bond acceptors (Lipinski definition) is 4. The highest BCUT2D eigenvalue weighted by Gasteiger charge is 2.38. The number of ether oxygens (including phenoxy) is 2. The Balaban J connectivity index is 1.85. The molecule has 6 heteroatoms. The molecule has 0 bridgehead atoms. The smallest absolute Gasteiger partial charge is 0.227 e. The second kappa shape index (κ2) is 6.87. The van der Waals surface area contributed by atoms with E-state index in [4.69, 9.17) is 27.4 Å². The molecule has 1 aromatic rings. The molecule has 5 nitrogen and oxygen atoms in total. The zero-order chi connectivity index (χ0) is 15.3. The summed E-state index contributed by atoms with van der Waals surface area (Å²) in [6, 6.07) is 7.10. The Morgan fingerprint density at radius 3 is 2.52 bits per heavy atom. The molecule has 0 saturated heterocycles. The molecule has 0 aliphatic heterocycles. The van der Waals surface area contributed by atoms with Crippen molar-refractivity contribution in [3.63, 3.8) is 0 Å². The molecule has 0 atom stereocenters. The number of thiocarbonyl (C=S) groups is 1. The van der Waals surface area contributed by atoms with Crippen LogP contribution in [0.3, 0.4) is 0 Å². The van der Waals surface area contributed by atoms with Crippen LogP contribution in [0, 0.1) is 0 Å². The van der Waals surface area contributed by atoms with E-state index in [0.717, 1.165) is 24.9 Å². The largest absolute Gasteiger partial charge is 0.487 e. The molecule has 0 spiro atoms. The molecule has 1 fully saturated rings. The van der Waals surface area contributed by atoms with E-state index in [1.54, 1.807) is 31.4 Å². The standard InChI is InChI=1S/C15H20N2O3S/c1-19-15(7-2-8-15)9-14(18)17-11-3-5-12(6-4-11)20-10-13(16)21/h3-6H,2,7-10H2,1H3,(H2,16,21)(H,17,18). The van der Waals surface area contributed by atoms with Crippen molar-refractivity contribution in [3.8, 4) is 5.75 Å². The summed E-state index contributed by atoms with van der Waals surface area (Å²) in [4.78, 5) is 12.3. The molecule has 1 saturated carbocycles. The maximum absolute atomic E-state index is 12.0. The first-order valence-electron chi connectivity index (χ1n) is 6.89. The Kier molecular flexibility index (Phi) is 5.14. The lowest BCUT2D eigenvalue weighted by Crippen LogP contribution is -2.42. The molecular weight excluding hydrogens is 288 g/mol. The zero-order valence-corrected chi connectivity index (χ0v) is 12.9. The van der Waals surface area contributed by atoms with Crippen molar-refractivity contribution in [2.24, 2.45) is 5.73 Å². The second-order valence-corrected chi connectivity index (χ2v) is 5.77. The quantitative estimate of drug-likeness (QED) is 0.756. The van der Waals surface area contributed by atoms with E-state index in [1.807, 2.05) is 0 Å². The molecule has 2 rings (SSSR count). The van der Waals surface area contributed by atoms with Crippen molar-refractivity contribution < 1.29 is 14.3 Å². The normalized spacial score (nSPS) is 15.9. The molecular formula is C15H20N2O3S. The molecule has 0 heterocycles. The average Bonchev–Trinajstić information content (AvgIpc) is 2.42. The van der Waals surface area contributed by atoms with E-state index in [1.165, 1.54) is 0 Å². The lowest BCUT2D eigenvalue weighted by molar-refractivity contribution is -0.129. The number of rotatable bonds is 7. The predicted octanol–water partition coefficient (Wildman–Crippen LogP) is 2.25. The predicted molar refractivity (Wildman–Crippen MR) is 85.6 cm³/mol. The fraction of sp³-hybridized carbons (Fsp3) is 0.467. The number of hydrogen-bond donors (Lipinski definition) is 2. The Hall–Kier alpha value is -1.66. The van der Waals surface area contributed by atoms with Crippen LogP contribution in [0.5, 0.6) is 5.75 Å². The van der Waals surface area contributed by atoms with Gasteiger partial charge in [0.25, 0.3) is 0 Å². The van der Waals surface area contributed by atoms with Gasteiger partial charge in [0.2, 0.25) is 5.91 Å². The van der Waals surface area contributed by atoms with Gasteiger partial charge in [-0.2, -0.15) is 0 Å². The summed E-state index contributed by atoms with van der Waals surface area (Å²) in [5.41, 5.74) is 5.83. The minimum atomic E-state index is -0.260. The minimum absolute atomic E-state index is 0.0339.